The number of imidazole rings is 1. The molecule has 0 radical (unpaired) electrons. The summed E-state index contributed by atoms with van der Waals surface area (Å²) < 4.78 is 9.29. The van der Waals surface area contributed by atoms with Crippen molar-refractivity contribution in [2.24, 2.45) is 0 Å². The third-order valence-corrected chi connectivity index (χ3v) is 4.74. The molecular weight excluding hydrogens is 340 g/mol. The summed E-state index contributed by atoms with van der Waals surface area (Å²) >= 11 is 0. The van der Waals surface area contributed by atoms with Crippen LogP contribution in [0.1, 0.15) is 38.7 Å². The minimum absolute atomic E-state index is 0.0836. The Morgan fingerprint density at radius 2 is 1.63 bits per heavy atom. The summed E-state index contributed by atoms with van der Waals surface area (Å²) in [7, 11) is 0. The van der Waals surface area contributed by atoms with Gasteiger partial charge in [-0.3, -0.25) is 9.13 Å². The molecule has 1 aromatic heterocycles. The first kappa shape index (κ1) is 19.2. The maximum Gasteiger partial charge on any atom is 0.329 e. The molecule has 0 aliphatic carbocycles. The molecule has 1 atom stereocenters. The molecule has 27 heavy (non-hydrogen) atoms. The summed E-state index contributed by atoms with van der Waals surface area (Å²) in [6.45, 7) is 7.29. The van der Waals surface area contributed by atoms with E-state index in [4.69, 9.17) is 4.74 Å². The van der Waals surface area contributed by atoms with E-state index in [1.807, 2.05) is 55.5 Å². The van der Waals surface area contributed by atoms with Gasteiger partial charge in [0.2, 0.25) is 0 Å². The van der Waals surface area contributed by atoms with Crippen molar-refractivity contribution in [1.82, 2.24) is 9.13 Å². The van der Waals surface area contributed by atoms with Crippen LogP contribution in [0.4, 0.5) is 0 Å². The van der Waals surface area contributed by atoms with Crippen molar-refractivity contribution in [3.05, 3.63) is 64.6 Å². The largest absolute Gasteiger partial charge is 0.491 e. The van der Waals surface area contributed by atoms with Gasteiger partial charge in [-0.1, -0.05) is 51.1 Å². The number of para-hydroxylation sites is 3. The highest BCUT2D eigenvalue weighted by molar-refractivity contribution is 5.76. The lowest BCUT2D eigenvalue weighted by Gasteiger charge is -2.17. The molecule has 0 spiro atoms. The zero-order valence-corrected chi connectivity index (χ0v) is 16.3. The molecule has 0 saturated heterocycles. The molecule has 1 heterocycles. The number of rotatable bonds is 8. The Labute approximate surface area is 159 Å². The summed E-state index contributed by atoms with van der Waals surface area (Å²) in [5.41, 5.74) is 2.78. The smallest absolute Gasteiger partial charge is 0.329 e. The summed E-state index contributed by atoms with van der Waals surface area (Å²) in [6.07, 6.45) is 0.106. The first-order valence-corrected chi connectivity index (χ1v) is 9.60. The number of ether oxygens (including phenoxy) is 1. The van der Waals surface area contributed by atoms with Gasteiger partial charge in [-0.25, -0.2) is 4.79 Å². The van der Waals surface area contributed by atoms with E-state index < -0.39 is 6.10 Å². The fourth-order valence-electron chi connectivity index (χ4n) is 3.43. The van der Waals surface area contributed by atoms with Crippen molar-refractivity contribution >= 4 is 11.0 Å². The number of aliphatic hydroxyl groups excluding tert-OH is 1. The van der Waals surface area contributed by atoms with E-state index in [1.165, 1.54) is 0 Å². The molecule has 144 valence electrons. The molecule has 2 aromatic carbocycles. The van der Waals surface area contributed by atoms with Gasteiger partial charge in [-0.2, -0.15) is 0 Å². The Kier molecular flexibility index (Phi) is 6.01. The van der Waals surface area contributed by atoms with Crippen molar-refractivity contribution in [2.45, 2.75) is 52.3 Å². The van der Waals surface area contributed by atoms with Crippen LogP contribution in [0.15, 0.2) is 53.3 Å². The maximum atomic E-state index is 12.8. The number of benzene rings is 2. The zero-order chi connectivity index (χ0) is 19.4. The van der Waals surface area contributed by atoms with Gasteiger partial charge in [0.05, 0.1) is 17.6 Å². The van der Waals surface area contributed by atoms with Crippen molar-refractivity contribution < 1.29 is 9.84 Å². The molecule has 0 aliphatic heterocycles. The fourth-order valence-corrected chi connectivity index (χ4v) is 3.43. The Bertz CT molecular complexity index is 956. The molecule has 5 heteroatoms. The van der Waals surface area contributed by atoms with Gasteiger partial charge in [0.1, 0.15) is 18.5 Å². The van der Waals surface area contributed by atoms with Crippen LogP contribution in [0.25, 0.3) is 11.0 Å². The van der Waals surface area contributed by atoms with Crippen LogP contribution in [0, 0.1) is 0 Å². The van der Waals surface area contributed by atoms with Crippen molar-refractivity contribution in [3.8, 4) is 5.75 Å². The normalized spacial score (nSPS) is 12.6. The van der Waals surface area contributed by atoms with Crippen LogP contribution in [-0.4, -0.2) is 27.0 Å². The average molecular weight is 368 g/mol. The Morgan fingerprint density at radius 3 is 2.30 bits per heavy atom. The van der Waals surface area contributed by atoms with Crippen LogP contribution in [0.2, 0.25) is 0 Å². The quantitative estimate of drug-likeness (QED) is 0.658. The van der Waals surface area contributed by atoms with Gasteiger partial charge in [-0.05, 0) is 36.1 Å². The third-order valence-electron chi connectivity index (χ3n) is 4.74. The highest BCUT2D eigenvalue weighted by atomic mass is 16.5. The topological polar surface area (TPSA) is 56.4 Å². The SMILES string of the molecule is CCCn1c(=O)n(CC(O)COc2ccccc2C(C)C)c2ccccc21. The minimum atomic E-state index is -0.774. The standard InChI is InChI=1S/C22H28N2O3/c1-4-13-23-19-10-6-7-11-20(19)24(22(23)26)14-17(25)15-27-21-12-8-5-9-18(21)16(2)3/h5-12,16-17,25H,4,13-15H2,1-3H3. The van der Waals surface area contributed by atoms with E-state index in [1.54, 1.807) is 9.13 Å². The number of aryl methyl sites for hydroxylation is 1. The van der Waals surface area contributed by atoms with Gasteiger partial charge in [0.15, 0.2) is 0 Å². The second-order valence-corrected chi connectivity index (χ2v) is 7.19. The molecular formula is C22H28N2O3. The lowest BCUT2D eigenvalue weighted by atomic mass is 10.0. The molecule has 3 rings (SSSR count). The molecule has 0 amide bonds. The van der Waals surface area contributed by atoms with Gasteiger partial charge >= 0.3 is 5.69 Å². The summed E-state index contributed by atoms with van der Waals surface area (Å²) in [5.74, 6) is 1.13. The van der Waals surface area contributed by atoms with E-state index in [0.717, 1.165) is 28.8 Å². The molecule has 0 saturated carbocycles. The number of fused-ring (bicyclic) bond motifs is 1. The van der Waals surface area contributed by atoms with E-state index in [0.29, 0.717) is 12.5 Å². The number of aromatic nitrogens is 2. The molecule has 0 fully saturated rings. The monoisotopic (exact) mass is 368 g/mol. The Balaban J connectivity index is 1.78. The second kappa shape index (κ2) is 8.44. The van der Waals surface area contributed by atoms with E-state index in [2.05, 4.69) is 13.8 Å². The Morgan fingerprint density at radius 1 is 1.00 bits per heavy atom. The lowest BCUT2D eigenvalue weighted by Crippen LogP contribution is -2.31. The van der Waals surface area contributed by atoms with Crippen LogP contribution in [-0.2, 0) is 13.1 Å². The van der Waals surface area contributed by atoms with Crippen LogP contribution in [0.5, 0.6) is 5.75 Å². The first-order chi connectivity index (χ1) is 13.0. The lowest BCUT2D eigenvalue weighted by molar-refractivity contribution is 0.0918. The molecule has 5 nitrogen and oxygen atoms in total. The molecule has 1 unspecified atom stereocenters. The molecule has 3 aromatic rings. The summed E-state index contributed by atoms with van der Waals surface area (Å²) in [6, 6.07) is 15.6. The number of hydrogen-bond donors (Lipinski definition) is 1. The van der Waals surface area contributed by atoms with E-state index >= 15 is 0 Å². The number of nitrogens with zero attached hydrogens (tertiary/aromatic N) is 2. The predicted molar refractivity (Wildman–Crippen MR) is 109 cm³/mol. The minimum Gasteiger partial charge on any atom is -0.491 e. The van der Waals surface area contributed by atoms with E-state index in [-0.39, 0.29) is 18.8 Å². The van der Waals surface area contributed by atoms with Gasteiger partial charge in [0, 0.05) is 6.54 Å². The predicted octanol–water partition coefficient (Wildman–Crippen LogP) is 3.78. The summed E-state index contributed by atoms with van der Waals surface area (Å²) in [5, 5.41) is 10.5. The number of hydrogen-bond acceptors (Lipinski definition) is 3. The van der Waals surface area contributed by atoms with Crippen molar-refractivity contribution in [2.75, 3.05) is 6.61 Å². The first-order valence-electron chi connectivity index (χ1n) is 9.60. The Hall–Kier alpha value is -2.53. The zero-order valence-electron chi connectivity index (χ0n) is 16.3. The number of aliphatic hydroxyl groups is 1. The van der Waals surface area contributed by atoms with Crippen LogP contribution >= 0.6 is 0 Å². The second-order valence-electron chi connectivity index (χ2n) is 7.19. The van der Waals surface area contributed by atoms with Crippen LogP contribution < -0.4 is 10.4 Å². The summed E-state index contributed by atoms with van der Waals surface area (Å²) in [4.78, 5) is 12.8. The third kappa shape index (κ3) is 4.08. The average Bonchev–Trinajstić information content (AvgIpc) is 2.93. The molecule has 0 aliphatic rings. The highest BCUT2D eigenvalue weighted by Crippen LogP contribution is 2.26. The highest BCUT2D eigenvalue weighted by Gasteiger charge is 2.16. The molecule has 0 bridgehead atoms. The maximum absolute atomic E-state index is 12.8. The fraction of sp³-hybridized carbons (Fsp3) is 0.409. The van der Waals surface area contributed by atoms with Gasteiger partial charge in [-0.15, -0.1) is 0 Å². The van der Waals surface area contributed by atoms with E-state index in [9.17, 15) is 9.90 Å². The van der Waals surface area contributed by atoms with Gasteiger partial charge in [0.25, 0.3) is 0 Å². The van der Waals surface area contributed by atoms with Crippen LogP contribution in [0.3, 0.4) is 0 Å². The van der Waals surface area contributed by atoms with Crippen molar-refractivity contribution in [3.63, 3.8) is 0 Å². The molecule has 1 N–H and O–H groups in total. The van der Waals surface area contributed by atoms with Crippen molar-refractivity contribution in [1.29, 1.82) is 0 Å². The van der Waals surface area contributed by atoms with Gasteiger partial charge < -0.3 is 9.84 Å².